The second-order valence-corrected chi connectivity index (χ2v) is 12.2. The maximum atomic E-state index is 12.5. The summed E-state index contributed by atoms with van der Waals surface area (Å²) in [6, 6.07) is -0.881. The van der Waals surface area contributed by atoms with Crippen molar-refractivity contribution in [2.75, 3.05) is 40.9 Å². The van der Waals surface area contributed by atoms with Gasteiger partial charge in [0, 0.05) is 6.42 Å². The van der Waals surface area contributed by atoms with Gasteiger partial charge < -0.3 is 28.8 Å². The minimum atomic E-state index is -4.55. The van der Waals surface area contributed by atoms with Crippen molar-refractivity contribution in [3.8, 4) is 0 Å². The predicted octanol–water partition coefficient (Wildman–Crippen LogP) is 5.26. The summed E-state index contributed by atoms with van der Waals surface area (Å²) in [4.78, 5) is 24.6. The first kappa shape index (κ1) is 36.0. The first-order valence-corrected chi connectivity index (χ1v) is 15.7. The summed E-state index contributed by atoms with van der Waals surface area (Å²) >= 11 is 0. The number of carbonyl (C=O) groups is 1. The highest BCUT2D eigenvalue weighted by atomic mass is 31.2. The molecule has 1 amide bonds. The number of phosphoric ester groups is 1. The smallest absolute Gasteiger partial charge is 0.268 e. The van der Waals surface area contributed by atoms with Crippen LogP contribution in [0.5, 0.6) is 0 Å². The molecule has 0 aliphatic carbocycles. The van der Waals surface area contributed by atoms with Crippen LogP contribution in [0.15, 0.2) is 24.3 Å². The maximum absolute atomic E-state index is 12.5. The van der Waals surface area contributed by atoms with Gasteiger partial charge in [0.1, 0.15) is 13.2 Å². The van der Waals surface area contributed by atoms with Crippen LogP contribution in [-0.4, -0.2) is 68.5 Å². The first-order valence-electron chi connectivity index (χ1n) is 14.2. The van der Waals surface area contributed by atoms with E-state index >= 15 is 0 Å². The fraction of sp³-hybridized carbons (Fsp3) is 0.821. The lowest BCUT2D eigenvalue weighted by molar-refractivity contribution is -0.870. The second-order valence-electron chi connectivity index (χ2n) is 10.7. The molecule has 8 nitrogen and oxygen atoms in total. The lowest BCUT2D eigenvalue weighted by atomic mass is 10.1. The largest absolute Gasteiger partial charge is 0.756 e. The Balaban J connectivity index is 4.43. The molecule has 0 heterocycles. The minimum Gasteiger partial charge on any atom is -0.756 e. The van der Waals surface area contributed by atoms with E-state index in [4.69, 9.17) is 9.05 Å². The van der Waals surface area contributed by atoms with Crippen molar-refractivity contribution in [3.63, 3.8) is 0 Å². The quantitative estimate of drug-likeness (QED) is 0.0740. The zero-order chi connectivity index (χ0) is 28.0. The molecule has 0 aliphatic rings. The van der Waals surface area contributed by atoms with Gasteiger partial charge in [0.25, 0.3) is 7.82 Å². The van der Waals surface area contributed by atoms with Crippen molar-refractivity contribution < 1.29 is 32.9 Å². The molecule has 3 unspecified atom stereocenters. The molecular weight excluding hydrogens is 491 g/mol. The number of hydrogen-bond donors (Lipinski definition) is 2. The van der Waals surface area contributed by atoms with Crippen molar-refractivity contribution in [2.45, 2.75) is 109 Å². The monoisotopic (exact) mass is 546 g/mol. The average Bonchev–Trinajstić information content (AvgIpc) is 2.81. The highest BCUT2D eigenvalue weighted by Crippen LogP contribution is 2.38. The topological polar surface area (TPSA) is 108 Å². The summed E-state index contributed by atoms with van der Waals surface area (Å²) in [5.41, 5.74) is 0. The third-order valence-electron chi connectivity index (χ3n) is 5.89. The molecule has 218 valence electrons. The molecule has 0 aromatic carbocycles. The fourth-order valence-electron chi connectivity index (χ4n) is 3.50. The van der Waals surface area contributed by atoms with Crippen LogP contribution < -0.4 is 10.2 Å². The van der Waals surface area contributed by atoms with Crippen molar-refractivity contribution in [1.29, 1.82) is 0 Å². The lowest BCUT2D eigenvalue weighted by Crippen LogP contribution is -2.45. The summed E-state index contributed by atoms with van der Waals surface area (Å²) < 4.78 is 22.6. The van der Waals surface area contributed by atoms with E-state index in [1.807, 2.05) is 34.1 Å². The Morgan fingerprint density at radius 2 is 1.54 bits per heavy atom. The number of likely N-dealkylation sites (N-methyl/N-ethyl adjacent to an activating group) is 1. The van der Waals surface area contributed by atoms with Crippen molar-refractivity contribution in [1.82, 2.24) is 5.32 Å². The molecule has 0 spiro atoms. The van der Waals surface area contributed by atoms with E-state index in [9.17, 15) is 19.4 Å². The highest BCUT2D eigenvalue weighted by Gasteiger charge is 2.23. The molecule has 0 bridgehead atoms. The van der Waals surface area contributed by atoms with Gasteiger partial charge in [-0.3, -0.25) is 9.36 Å². The summed E-state index contributed by atoms with van der Waals surface area (Å²) in [5.74, 6) is -0.224. The van der Waals surface area contributed by atoms with Gasteiger partial charge >= 0.3 is 0 Å². The number of nitrogens with one attached hydrogen (secondary N) is 1. The van der Waals surface area contributed by atoms with Crippen LogP contribution in [0.2, 0.25) is 0 Å². The molecule has 0 aliphatic heterocycles. The third-order valence-corrected chi connectivity index (χ3v) is 6.85. The van der Waals surface area contributed by atoms with Crippen molar-refractivity contribution in [3.05, 3.63) is 24.3 Å². The van der Waals surface area contributed by atoms with E-state index in [1.165, 1.54) is 25.7 Å². The van der Waals surface area contributed by atoms with Crippen molar-refractivity contribution in [2.24, 2.45) is 0 Å². The second kappa shape index (κ2) is 21.9. The maximum Gasteiger partial charge on any atom is 0.268 e. The van der Waals surface area contributed by atoms with E-state index in [0.717, 1.165) is 51.4 Å². The van der Waals surface area contributed by atoms with Crippen LogP contribution in [0, 0.1) is 0 Å². The van der Waals surface area contributed by atoms with E-state index < -0.39 is 20.0 Å². The molecule has 2 N–H and O–H groups in total. The van der Waals surface area contributed by atoms with Crippen LogP contribution >= 0.6 is 7.82 Å². The van der Waals surface area contributed by atoms with Gasteiger partial charge in [0.05, 0.1) is 39.9 Å². The van der Waals surface area contributed by atoms with Gasteiger partial charge in [-0.05, 0) is 38.5 Å². The van der Waals surface area contributed by atoms with E-state index in [0.29, 0.717) is 17.4 Å². The summed E-state index contributed by atoms with van der Waals surface area (Å²) in [6.45, 7) is 4.34. The van der Waals surface area contributed by atoms with Crippen LogP contribution in [0.25, 0.3) is 0 Å². The number of carbonyl (C=O) groups excluding carboxylic acids is 1. The summed E-state index contributed by atoms with van der Waals surface area (Å²) in [7, 11) is 1.24. The van der Waals surface area contributed by atoms with E-state index in [2.05, 4.69) is 24.4 Å². The van der Waals surface area contributed by atoms with Gasteiger partial charge in [-0.25, -0.2) is 0 Å². The number of aliphatic hydroxyl groups excluding tert-OH is 1. The third kappa shape index (κ3) is 23.8. The van der Waals surface area contributed by atoms with Crippen LogP contribution in [0.3, 0.4) is 0 Å². The number of nitrogens with zero attached hydrogens (tertiary/aromatic N) is 1. The lowest BCUT2D eigenvalue weighted by Gasteiger charge is -2.29. The van der Waals surface area contributed by atoms with Gasteiger partial charge in [0.15, 0.2) is 0 Å². The molecule has 0 aromatic rings. The van der Waals surface area contributed by atoms with Gasteiger partial charge in [-0.2, -0.15) is 0 Å². The number of unbranched alkanes of at least 4 members (excludes halogenated alkanes) is 9. The fourth-order valence-corrected chi connectivity index (χ4v) is 4.23. The summed E-state index contributed by atoms with van der Waals surface area (Å²) in [5, 5.41) is 13.3. The number of allylic oxidation sites excluding steroid dienone is 3. The van der Waals surface area contributed by atoms with Crippen molar-refractivity contribution >= 4 is 13.7 Å². The molecule has 0 fully saturated rings. The first-order chi connectivity index (χ1) is 17.5. The molecule has 0 radical (unpaired) electrons. The number of rotatable bonds is 24. The Morgan fingerprint density at radius 1 is 0.919 bits per heavy atom. The number of phosphoric acid groups is 1. The predicted molar refractivity (Wildman–Crippen MR) is 150 cm³/mol. The number of hydrogen-bond acceptors (Lipinski definition) is 6. The van der Waals surface area contributed by atoms with E-state index in [1.54, 1.807) is 6.08 Å². The highest BCUT2D eigenvalue weighted by molar-refractivity contribution is 7.45. The Hall–Kier alpha value is -1.02. The van der Waals surface area contributed by atoms with Crippen LogP contribution in [0.4, 0.5) is 0 Å². The standard InChI is InChI=1S/C28H55N2O6P/c1-6-8-10-11-12-13-14-15-16-17-18-20-22-28(32)29-26(27(31)21-19-9-7-2)25-36-37(33,34)35-24-23-30(3,4)5/h12-13,19,21,26-27,31H,6-11,14-18,20,22-25H2,1-5H3,(H-,29,32,33,34)/b13-12-,21-19+. The Morgan fingerprint density at radius 3 is 2.16 bits per heavy atom. The average molecular weight is 547 g/mol. The van der Waals surface area contributed by atoms with E-state index in [-0.39, 0.29) is 19.1 Å². The summed E-state index contributed by atoms with van der Waals surface area (Å²) in [6.07, 6.45) is 20.1. The molecule has 37 heavy (non-hydrogen) atoms. The zero-order valence-electron chi connectivity index (χ0n) is 24.2. The van der Waals surface area contributed by atoms with Crippen LogP contribution in [-0.2, 0) is 18.4 Å². The molecule has 3 atom stereocenters. The molecule has 0 aromatic heterocycles. The molecule has 0 rings (SSSR count). The number of amides is 1. The Kier molecular flexibility index (Phi) is 21.3. The zero-order valence-corrected chi connectivity index (χ0v) is 25.1. The van der Waals surface area contributed by atoms with Gasteiger partial charge in [0.2, 0.25) is 5.91 Å². The number of quaternary nitrogens is 1. The molecular formula is C28H55N2O6P. The molecule has 0 saturated carbocycles. The van der Waals surface area contributed by atoms with Gasteiger partial charge in [-0.15, -0.1) is 0 Å². The van der Waals surface area contributed by atoms with Gasteiger partial charge in [-0.1, -0.05) is 76.7 Å². The number of aliphatic hydroxyl groups is 1. The Bertz CT molecular complexity index is 678. The minimum absolute atomic E-state index is 0.00446. The molecule has 9 heteroatoms. The van der Waals surface area contributed by atoms with Crippen LogP contribution in [0.1, 0.15) is 97.3 Å². The molecule has 0 saturated heterocycles. The Labute approximate surface area is 226 Å². The normalized spacial score (nSPS) is 15.8. The SMILES string of the molecule is CCC/C=C/C(O)C(COP(=O)([O-])OCC[N+](C)(C)C)NC(=O)CCCCCCC/C=C\CCCCC.